The molecule has 1 aromatic carbocycles. The van der Waals surface area contributed by atoms with Crippen molar-refractivity contribution in [1.29, 1.82) is 0 Å². The molecular formula is C25H30N4O2S. The van der Waals surface area contributed by atoms with Gasteiger partial charge in [0.05, 0.1) is 22.0 Å². The summed E-state index contributed by atoms with van der Waals surface area (Å²) in [6, 6.07) is 11.8. The number of nitrogens with one attached hydrogen (secondary N) is 2. The Bertz CT molecular complexity index is 1080. The molecule has 0 unspecified atom stereocenters. The van der Waals surface area contributed by atoms with Crippen LogP contribution in [0.1, 0.15) is 77.8 Å². The van der Waals surface area contributed by atoms with E-state index in [9.17, 15) is 9.59 Å². The van der Waals surface area contributed by atoms with E-state index in [1.165, 1.54) is 24.2 Å². The molecular weight excluding hydrogens is 420 g/mol. The topological polar surface area (TPSA) is 78.1 Å². The number of rotatable bonds is 6. The van der Waals surface area contributed by atoms with Crippen LogP contribution in [0.5, 0.6) is 0 Å². The van der Waals surface area contributed by atoms with Gasteiger partial charge in [-0.15, -0.1) is 11.3 Å². The molecule has 2 N–H and O–H groups in total. The molecule has 0 spiro atoms. The number of carbonyl (C=O) groups excluding carboxylic acids is 2. The molecule has 3 atom stereocenters. The zero-order chi connectivity index (χ0) is 22.1. The monoisotopic (exact) mass is 450 g/mol. The first-order valence-corrected chi connectivity index (χ1v) is 12.5. The van der Waals surface area contributed by atoms with E-state index in [2.05, 4.69) is 15.3 Å². The lowest BCUT2D eigenvalue weighted by atomic mass is 10.2. The van der Waals surface area contributed by atoms with Crippen LogP contribution in [0.25, 0.3) is 11.0 Å². The third-order valence-corrected chi connectivity index (χ3v) is 7.92. The van der Waals surface area contributed by atoms with Gasteiger partial charge < -0.3 is 15.2 Å². The summed E-state index contributed by atoms with van der Waals surface area (Å²) in [5, 5.41) is 3.12. The molecule has 2 aliphatic rings. The summed E-state index contributed by atoms with van der Waals surface area (Å²) in [7, 11) is 0. The standard InChI is InChI=1S/C25H30N4O2S/c1-16(21-10-11-22(32-21)25(31)29-12-6-2-3-7-13-29)26-23(30)15-17-14-18(17)24-27-19-8-4-5-9-20(19)28-24/h4-5,8-11,16-18H,2-3,6-7,12-15H2,1H3,(H,26,30)(H,27,28)/t16-,17+,18+/m1/s1. The van der Waals surface area contributed by atoms with E-state index >= 15 is 0 Å². The van der Waals surface area contributed by atoms with E-state index in [1.54, 1.807) is 0 Å². The minimum atomic E-state index is -0.0958. The molecule has 3 aromatic rings. The number of likely N-dealkylation sites (tertiary alicyclic amines) is 1. The van der Waals surface area contributed by atoms with E-state index in [0.717, 1.165) is 59.0 Å². The van der Waals surface area contributed by atoms with Crippen molar-refractivity contribution >= 4 is 34.2 Å². The normalized spacial score (nSPS) is 21.8. The highest BCUT2D eigenvalue weighted by atomic mass is 32.1. The lowest BCUT2D eigenvalue weighted by Gasteiger charge is -2.19. The largest absolute Gasteiger partial charge is 0.349 e. The van der Waals surface area contributed by atoms with Gasteiger partial charge in [0.25, 0.3) is 5.91 Å². The van der Waals surface area contributed by atoms with E-state index in [-0.39, 0.29) is 17.9 Å². The van der Waals surface area contributed by atoms with Gasteiger partial charge in [0.15, 0.2) is 0 Å². The highest BCUT2D eigenvalue weighted by Gasteiger charge is 2.42. The number of benzene rings is 1. The molecule has 168 valence electrons. The van der Waals surface area contributed by atoms with Crippen molar-refractivity contribution in [2.75, 3.05) is 13.1 Å². The van der Waals surface area contributed by atoms with Crippen LogP contribution in [-0.4, -0.2) is 39.8 Å². The zero-order valence-corrected chi connectivity index (χ0v) is 19.3. The molecule has 0 bridgehead atoms. The van der Waals surface area contributed by atoms with Crippen molar-refractivity contribution in [3.05, 3.63) is 52.0 Å². The van der Waals surface area contributed by atoms with Gasteiger partial charge in [0.1, 0.15) is 5.82 Å². The Balaban J connectivity index is 1.14. The molecule has 32 heavy (non-hydrogen) atoms. The van der Waals surface area contributed by atoms with Crippen LogP contribution in [-0.2, 0) is 4.79 Å². The molecule has 1 saturated heterocycles. The van der Waals surface area contributed by atoms with Crippen molar-refractivity contribution < 1.29 is 9.59 Å². The smallest absolute Gasteiger partial charge is 0.263 e. The van der Waals surface area contributed by atoms with Gasteiger partial charge in [0.2, 0.25) is 5.91 Å². The number of thiophene rings is 1. The van der Waals surface area contributed by atoms with Gasteiger partial charge in [-0.05, 0) is 56.4 Å². The van der Waals surface area contributed by atoms with Gasteiger partial charge in [-0.1, -0.05) is 25.0 Å². The average molecular weight is 451 g/mol. The van der Waals surface area contributed by atoms with Gasteiger partial charge in [-0.25, -0.2) is 4.98 Å². The minimum Gasteiger partial charge on any atom is -0.349 e. The first kappa shape index (κ1) is 21.2. The molecule has 5 rings (SSSR count). The molecule has 2 amide bonds. The molecule has 2 aromatic heterocycles. The van der Waals surface area contributed by atoms with Crippen LogP contribution >= 0.6 is 11.3 Å². The van der Waals surface area contributed by atoms with Crippen molar-refractivity contribution in [3.63, 3.8) is 0 Å². The fraction of sp³-hybridized carbons (Fsp3) is 0.480. The number of amides is 2. The molecule has 2 fully saturated rings. The Labute approximate surface area is 192 Å². The van der Waals surface area contributed by atoms with Crippen LogP contribution in [0.3, 0.4) is 0 Å². The fourth-order valence-corrected chi connectivity index (χ4v) is 5.67. The molecule has 1 aliphatic heterocycles. The number of hydrogen-bond acceptors (Lipinski definition) is 4. The fourth-order valence-electron chi connectivity index (χ4n) is 4.70. The summed E-state index contributed by atoms with van der Waals surface area (Å²) in [5.74, 6) is 1.87. The van der Waals surface area contributed by atoms with Gasteiger partial charge >= 0.3 is 0 Å². The molecule has 1 saturated carbocycles. The highest BCUT2D eigenvalue weighted by Crippen LogP contribution is 2.48. The molecule has 0 radical (unpaired) electrons. The zero-order valence-electron chi connectivity index (χ0n) is 18.5. The van der Waals surface area contributed by atoms with E-state index in [1.807, 2.05) is 48.2 Å². The quantitative estimate of drug-likeness (QED) is 0.554. The number of H-pyrrole nitrogens is 1. The molecule has 1 aliphatic carbocycles. The maximum Gasteiger partial charge on any atom is 0.263 e. The Kier molecular flexibility index (Phi) is 6.00. The Morgan fingerprint density at radius 3 is 2.72 bits per heavy atom. The molecule has 7 heteroatoms. The number of aromatic nitrogens is 2. The number of hydrogen-bond donors (Lipinski definition) is 2. The van der Waals surface area contributed by atoms with Gasteiger partial charge in [0, 0.05) is 30.3 Å². The Hall–Kier alpha value is -2.67. The number of aromatic amines is 1. The number of fused-ring (bicyclic) bond motifs is 1. The van der Waals surface area contributed by atoms with Crippen LogP contribution in [0.15, 0.2) is 36.4 Å². The summed E-state index contributed by atoms with van der Waals surface area (Å²) >= 11 is 1.50. The molecule has 3 heterocycles. The summed E-state index contributed by atoms with van der Waals surface area (Å²) in [5.41, 5.74) is 2.03. The lowest BCUT2D eigenvalue weighted by Crippen LogP contribution is -2.31. The number of nitrogens with zero attached hydrogens (tertiary/aromatic N) is 2. The summed E-state index contributed by atoms with van der Waals surface area (Å²) in [4.78, 5) is 37.3. The van der Waals surface area contributed by atoms with Crippen LogP contribution in [0.4, 0.5) is 0 Å². The van der Waals surface area contributed by atoms with E-state index in [0.29, 0.717) is 18.3 Å². The van der Waals surface area contributed by atoms with Gasteiger partial charge in [-0.2, -0.15) is 0 Å². The van der Waals surface area contributed by atoms with Crippen molar-refractivity contribution in [2.24, 2.45) is 5.92 Å². The SMILES string of the molecule is C[C@@H](NC(=O)C[C@@H]1C[C@@H]1c1nc2ccccc2[nH]1)c1ccc(C(=O)N2CCCCCC2)s1. The second-order valence-corrected chi connectivity index (χ2v) is 10.3. The Morgan fingerprint density at radius 2 is 1.94 bits per heavy atom. The van der Waals surface area contributed by atoms with Crippen molar-refractivity contribution in [1.82, 2.24) is 20.2 Å². The highest BCUT2D eigenvalue weighted by molar-refractivity contribution is 7.14. The number of imidazole rings is 1. The van der Waals surface area contributed by atoms with Crippen LogP contribution in [0.2, 0.25) is 0 Å². The Morgan fingerprint density at radius 1 is 1.16 bits per heavy atom. The first-order chi connectivity index (χ1) is 15.6. The van der Waals surface area contributed by atoms with E-state index in [4.69, 9.17) is 0 Å². The maximum absolute atomic E-state index is 12.8. The number of carbonyl (C=O) groups is 2. The number of para-hydroxylation sites is 2. The third-order valence-electron chi connectivity index (χ3n) is 6.66. The predicted octanol–water partition coefficient (Wildman–Crippen LogP) is 5.01. The minimum absolute atomic E-state index is 0.0647. The maximum atomic E-state index is 12.8. The predicted molar refractivity (Wildman–Crippen MR) is 127 cm³/mol. The second-order valence-electron chi connectivity index (χ2n) is 9.14. The van der Waals surface area contributed by atoms with Crippen molar-refractivity contribution in [2.45, 2.75) is 57.4 Å². The van der Waals surface area contributed by atoms with Crippen molar-refractivity contribution in [3.8, 4) is 0 Å². The summed E-state index contributed by atoms with van der Waals surface area (Å²) < 4.78 is 0. The van der Waals surface area contributed by atoms with Gasteiger partial charge in [-0.3, -0.25) is 9.59 Å². The average Bonchev–Trinajstić information content (AvgIpc) is 3.25. The molecule has 6 nitrogen and oxygen atoms in total. The van der Waals surface area contributed by atoms with Crippen LogP contribution < -0.4 is 5.32 Å². The second kappa shape index (κ2) is 9.06. The third kappa shape index (κ3) is 4.58. The first-order valence-electron chi connectivity index (χ1n) is 11.7. The van der Waals surface area contributed by atoms with Crippen LogP contribution in [0, 0.1) is 5.92 Å². The summed E-state index contributed by atoms with van der Waals surface area (Å²) in [6.45, 7) is 3.70. The summed E-state index contributed by atoms with van der Waals surface area (Å²) in [6.07, 6.45) is 6.10. The lowest BCUT2D eigenvalue weighted by molar-refractivity contribution is -0.122. The van der Waals surface area contributed by atoms with E-state index < -0.39 is 0 Å².